The first-order valence-corrected chi connectivity index (χ1v) is 10.5. The number of benzene rings is 1. The molecule has 0 bridgehead atoms. The fourth-order valence-corrected chi connectivity index (χ4v) is 5.10. The predicted octanol–water partition coefficient (Wildman–Crippen LogP) is 4.13. The zero-order valence-electron chi connectivity index (χ0n) is 14.1. The highest BCUT2D eigenvalue weighted by Gasteiger charge is 2.19. The third-order valence-corrected chi connectivity index (χ3v) is 6.88. The number of fused-ring (bicyclic) bond motifs is 1. The van der Waals surface area contributed by atoms with Gasteiger partial charge in [-0.25, -0.2) is 0 Å². The first-order valence-electron chi connectivity index (χ1n) is 7.84. The molecule has 9 heteroatoms. The molecule has 3 rings (SSSR count). The van der Waals surface area contributed by atoms with E-state index in [-0.39, 0.29) is 18.0 Å². The van der Waals surface area contributed by atoms with E-state index >= 15 is 0 Å². The van der Waals surface area contributed by atoms with Gasteiger partial charge in [0.15, 0.2) is 20.2 Å². The summed E-state index contributed by atoms with van der Waals surface area (Å²) >= 11 is 4.65. The van der Waals surface area contributed by atoms with Crippen molar-refractivity contribution in [2.45, 2.75) is 34.7 Å². The highest BCUT2D eigenvalue weighted by Crippen LogP contribution is 2.35. The van der Waals surface area contributed by atoms with E-state index in [0.717, 1.165) is 14.4 Å². The number of anilines is 1. The number of aromatic nitrogens is 2. The van der Waals surface area contributed by atoms with Crippen molar-refractivity contribution in [3.05, 3.63) is 18.2 Å². The van der Waals surface area contributed by atoms with E-state index in [4.69, 9.17) is 9.47 Å². The van der Waals surface area contributed by atoms with Crippen molar-refractivity contribution in [2.75, 3.05) is 17.9 Å². The minimum Gasteiger partial charge on any atom is -0.454 e. The second-order valence-electron chi connectivity index (χ2n) is 5.86. The fourth-order valence-electron chi connectivity index (χ4n) is 1.96. The Labute approximate surface area is 159 Å². The second kappa shape index (κ2) is 8.29. The van der Waals surface area contributed by atoms with Crippen LogP contribution < -0.4 is 14.8 Å². The van der Waals surface area contributed by atoms with E-state index in [2.05, 4.69) is 29.4 Å². The van der Waals surface area contributed by atoms with Gasteiger partial charge in [-0.05, 0) is 25.0 Å². The molecule has 0 spiro atoms. The summed E-state index contributed by atoms with van der Waals surface area (Å²) in [5, 5.41) is 11.0. The molecule has 2 heterocycles. The number of carbonyl (C=O) groups excluding carboxylic acids is 1. The number of amides is 1. The van der Waals surface area contributed by atoms with Crippen LogP contribution in [0.15, 0.2) is 26.9 Å². The lowest BCUT2D eigenvalue weighted by atomic mass is 10.2. The average molecular weight is 398 g/mol. The van der Waals surface area contributed by atoms with Gasteiger partial charge in [-0.2, -0.15) is 0 Å². The van der Waals surface area contributed by atoms with Crippen LogP contribution in [0, 0.1) is 5.92 Å². The van der Waals surface area contributed by atoms with E-state index in [0.29, 0.717) is 23.1 Å². The van der Waals surface area contributed by atoms with Crippen LogP contribution in [0.5, 0.6) is 11.5 Å². The van der Waals surface area contributed by atoms with Gasteiger partial charge in [0.2, 0.25) is 12.7 Å². The average Bonchev–Trinajstić information content (AvgIpc) is 3.21. The number of thioether (sulfide) groups is 2. The topological polar surface area (TPSA) is 73.3 Å². The number of rotatable bonds is 7. The molecular formula is C16H19N3O3S3. The Morgan fingerprint density at radius 2 is 2.00 bits per heavy atom. The third kappa shape index (κ3) is 5.02. The van der Waals surface area contributed by atoms with Gasteiger partial charge in [-0.15, -0.1) is 10.2 Å². The fraction of sp³-hybridized carbons (Fsp3) is 0.438. The Bertz CT molecular complexity index is 751. The maximum atomic E-state index is 12.4. The van der Waals surface area contributed by atoms with Crippen LogP contribution in [0.4, 0.5) is 5.69 Å². The lowest BCUT2D eigenvalue weighted by Crippen LogP contribution is -2.22. The van der Waals surface area contributed by atoms with Gasteiger partial charge < -0.3 is 14.8 Å². The van der Waals surface area contributed by atoms with Crippen LogP contribution in [0.3, 0.4) is 0 Å². The van der Waals surface area contributed by atoms with Gasteiger partial charge in [0.1, 0.15) is 0 Å². The van der Waals surface area contributed by atoms with E-state index in [9.17, 15) is 4.79 Å². The summed E-state index contributed by atoms with van der Waals surface area (Å²) < 4.78 is 12.3. The Balaban J connectivity index is 1.54. The van der Waals surface area contributed by atoms with E-state index in [1.807, 2.05) is 6.92 Å². The monoisotopic (exact) mass is 397 g/mol. The molecule has 0 saturated carbocycles. The predicted molar refractivity (Wildman–Crippen MR) is 102 cm³/mol. The lowest BCUT2D eigenvalue weighted by molar-refractivity contribution is -0.115. The minimum atomic E-state index is -0.277. The van der Waals surface area contributed by atoms with Crippen molar-refractivity contribution in [3.63, 3.8) is 0 Å². The van der Waals surface area contributed by atoms with Crippen LogP contribution in [0.1, 0.15) is 20.8 Å². The molecule has 25 heavy (non-hydrogen) atoms. The molecule has 1 amide bonds. The molecule has 0 fully saturated rings. The van der Waals surface area contributed by atoms with Crippen LogP contribution in [0.25, 0.3) is 0 Å². The summed E-state index contributed by atoms with van der Waals surface area (Å²) in [5.74, 6) is 2.88. The first kappa shape index (κ1) is 18.3. The normalized spacial score (nSPS) is 13.9. The summed E-state index contributed by atoms with van der Waals surface area (Å²) in [7, 11) is 0. The smallest absolute Gasteiger partial charge is 0.237 e. The number of carbonyl (C=O) groups is 1. The van der Waals surface area contributed by atoms with Crippen molar-refractivity contribution in [1.82, 2.24) is 10.2 Å². The number of ether oxygens (including phenoxy) is 2. The van der Waals surface area contributed by atoms with Crippen LogP contribution in [-0.4, -0.2) is 33.9 Å². The van der Waals surface area contributed by atoms with Crippen LogP contribution in [0.2, 0.25) is 0 Å². The quantitative estimate of drug-likeness (QED) is 0.704. The summed E-state index contributed by atoms with van der Waals surface area (Å²) in [6, 6.07) is 5.36. The Hall–Kier alpha value is -1.45. The Morgan fingerprint density at radius 3 is 2.80 bits per heavy atom. The summed E-state index contributed by atoms with van der Waals surface area (Å²) in [6.45, 7) is 6.42. The molecule has 0 radical (unpaired) electrons. The summed E-state index contributed by atoms with van der Waals surface area (Å²) in [6.07, 6.45) is 0. The Morgan fingerprint density at radius 1 is 1.24 bits per heavy atom. The van der Waals surface area contributed by atoms with Gasteiger partial charge in [0, 0.05) is 17.5 Å². The zero-order chi connectivity index (χ0) is 17.8. The number of nitrogens with zero attached hydrogens (tertiary/aromatic N) is 2. The number of hydrogen-bond acceptors (Lipinski definition) is 8. The molecule has 1 aliphatic heterocycles. The van der Waals surface area contributed by atoms with Crippen LogP contribution >= 0.6 is 34.9 Å². The summed E-state index contributed by atoms with van der Waals surface area (Å²) in [5.41, 5.74) is 0.687. The third-order valence-electron chi connectivity index (χ3n) is 3.21. The SMILES string of the molecule is CC(C)CSc1nnc(SC(C)C(=O)Nc2ccc3c(c2)OCO3)s1. The molecule has 1 N–H and O–H groups in total. The molecule has 1 aromatic carbocycles. The van der Waals surface area contributed by atoms with Gasteiger partial charge in [0.05, 0.1) is 5.25 Å². The molecular weight excluding hydrogens is 378 g/mol. The minimum absolute atomic E-state index is 0.0875. The number of nitrogens with one attached hydrogen (secondary N) is 1. The Kier molecular flexibility index (Phi) is 6.08. The van der Waals surface area contributed by atoms with Crippen molar-refractivity contribution in [1.29, 1.82) is 0 Å². The van der Waals surface area contributed by atoms with Crippen LogP contribution in [-0.2, 0) is 4.79 Å². The molecule has 2 aromatic rings. The molecule has 1 atom stereocenters. The van der Waals surface area contributed by atoms with Crippen molar-refractivity contribution in [3.8, 4) is 11.5 Å². The van der Waals surface area contributed by atoms with Crippen molar-refractivity contribution < 1.29 is 14.3 Å². The molecule has 1 aromatic heterocycles. The highest BCUT2D eigenvalue weighted by molar-refractivity contribution is 8.03. The van der Waals surface area contributed by atoms with E-state index in [1.165, 1.54) is 23.1 Å². The summed E-state index contributed by atoms with van der Waals surface area (Å²) in [4.78, 5) is 12.4. The van der Waals surface area contributed by atoms with E-state index in [1.54, 1.807) is 30.0 Å². The second-order valence-corrected chi connectivity index (χ2v) is 9.69. The molecule has 134 valence electrons. The van der Waals surface area contributed by atoms with Crippen molar-refractivity contribution in [2.24, 2.45) is 5.92 Å². The van der Waals surface area contributed by atoms with Crippen molar-refractivity contribution >= 4 is 46.5 Å². The maximum Gasteiger partial charge on any atom is 0.237 e. The molecule has 0 saturated heterocycles. The first-order chi connectivity index (χ1) is 12.0. The molecule has 6 nitrogen and oxygen atoms in total. The maximum absolute atomic E-state index is 12.4. The molecule has 0 aliphatic carbocycles. The molecule has 1 unspecified atom stereocenters. The van der Waals surface area contributed by atoms with Gasteiger partial charge in [-0.3, -0.25) is 4.79 Å². The highest BCUT2D eigenvalue weighted by atomic mass is 32.2. The molecule has 1 aliphatic rings. The zero-order valence-corrected chi connectivity index (χ0v) is 16.6. The largest absolute Gasteiger partial charge is 0.454 e. The number of hydrogen-bond donors (Lipinski definition) is 1. The van der Waals surface area contributed by atoms with Gasteiger partial charge in [0.25, 0.3) is 0 Å². The van der Waals surface area contributed by atoms with Gasteiger partial charge in [-0.1, -0.05) is 48.7 Å². The standard InChI is InChI=1S/C16H19N3O3S3/c1-9(2)7-23-15-18-19-16(25-15)24-10(3)14(20)17-11-4-5-12-13(6-11)22-8-21-12/h4-6,9-10H,7-8H2,1-3H3,(H,17,20). The lowest BCUT2D eigenvalue weighted by Gasteiger charge is -2.10. The van der Waals surface area contributed by atoms with Gasteiger partial charge >= 0.3 is 0 Å². The van der Waals surface area contributed by atoms with E-state index < -0.39 is 0 Å².